The molecule has 1 aromatic carbocycles. The number of fused-ring (bicyclic) bond motifs is 1. The van der Waals surface area contributed by atoms with Gasteiger partial charge in [0.2, 0.25) is 0 Å². The van der Waals surface area contributed by atoms with Crippen molar-refractivity contribution in [2.24, 2.45) is 0 Å². The van der Waals surface area contributed by atoms with Crippen LogP contribution in [0.5, 0.6) is 0 Å². The van der Waals surface area contributed by atoms with Crippen LogP contribution in [-0.4, -0.2) is 10.9 Å². The van der Waals surface area contributed by atoms with Crippen molar-refractivity contribution >= 4 is 48.5 Å². The van der Waals surface area contributed by atoms with Crippen molar-refractivity contribution in [1.29, 1.82) is 0 Å². The molecule has 0 radical (unpaired) electrons. The molecule has 0 saturated carbocycles. The van der Waals surface area contributed by atoms with E-state index in [4.69, 9.17) is 4.42 Å². The number of benzene rings is 1. The van der Waals surface area contributed by atoms with Crippen LogP contribution in [0, 0.1) is 13.8 Å². The van der Waals surface area contributed by atoms with E-state index in [1.807, 2.05) is 19.9 Å². The summed E-state index contributed by atoms with van der Waals surface area (Å²) in [6.45, 7) is 4.05. The van der Waals surface area contributed by atoms with Gasteiger partial charge < -0.3 is 4.42 Å². The average molecular weight is 351 g/mol. The summed E-state index contributed by atoms with van der Waals surface area (Å²) in [6.07, 6.45) is 0. The van der Waals surface area contributed by atoms with Gasteiger partial charge in [0.15, 0.2) is 15.6 Å². The number of hydrogen-bond acceptors (Lipinski definition) is 4. The molecule has 4 nitrogen and oxygen atoms in total. The van der Waals surface area contributed by atoms with Crippen LogP contribution in [0.2, 0.25) is 0 Å². The van der Waals surface area contributed by atoms with Gasteiger partial charge in [-0.05, 0) is 53.0 Å². The molecule has 0 aliphatic carbocycles. The first kappa shape index (κ1) is 13.3. The number of hydrogen-bond donors (Lipinski definition) is 1. The van der Waals surface area contributed by atoms with Gasteiger partial charge in [-0.2, -0.15) is 0 Å². The maximum absolute atomic E-state index is 12.0. The lowest BCUT2D eigenvalue weighted by Gasteiger charge is -1.96. The number of anilines is 1. The summed E-state index contributed by atoms with van der Waals surface area (Å²) in [5.41, 5.74) is 3.19. The van der Waals surface area contributed by atoms with Gasteiger partial charge in [-0.3, -0.25) is 10.1 Å². The topological polar surface area (TPSA) is 55.1 Å². The van der Waals surface area contributed by atoms with Crippen molar-refractivity contribution in [1.82, 2.24) is 4.98 Å². The molecule has 0 aliphatic heterocycles. The molecule has 6 heteroatoms. The molecule has 0 atom stereocenters. The number of rotatable bonds is 2. The molecule has 0 saturated heterocycles. The molecule has 1 amide bonds. The van der Waals surface area contributed by atoms with Crippen molar-refractivity contribution in [3.8, 4) is 0 Å². The van der Waals surface area contributed by atoms with E-state index in [1.165, 1.54) is 11.3 Å². The third kappa shape index (κ3) is 2.36. The third-order valence-electron chi connectivity index (χ3n) is 2.96. The van der Waals surface area contributed by atoms with Crippen molar-refractivity contribution < 1.29 is 9.21 Å². The van der Waals surface area contributed by atoms with Gasteiger partial charge >= 0.3 is 0 Å². The van der Waals surface area contributed by atoms with Crippen molar-refractivity contribution in [3.05, 3.63) is 45.8 Å². The van der Waals surface area contributed by atoms with E-state index < -0.39 is 0 Å². The molecule has 0 bridgehead atoms. The number of furan rings is 1. The minimum atomic E-state index is -0.301. The number of amides is 1. The van der Waals surface area contributed by atoms with Crippen molar-refractivity contribution in [3.63, 3.8) is 0 Å². The Bertz CT molecular complexity index is 768. The quantitative estimate of drug-likeness (QED) is 0.739. The predicted molar refractivity (Wildman–Crippen MR) is 83.5 cm³/mol. The van der Waals surface area contributed by atoms with E-state index in [-0.39, 0.29) is 11.7 Å². The Kier molecular flexibility index (Phi) is 3.35. The smallest absolute Gasteiger partial charge is 0.293 e. The highest BCUT2D eigenvalue weighted by atomic mass is 79.9. The van der Waals surface area contributed by atoms with Crippen LogP contribution in [-0.2, 0) is 0 Å². The maximum Gasteiger partial charge on any atom is 0.293 e. The summed E-state index contributed by atoms with van der Waals surface area (Å²) in [6, 6.07) is 7.39. The lowest BCUT2D eigenvalue weighted by atomic mass is 10.1. The number of nitrogens with one attached hydrogen (secondary N) is 1. The Balaban J connectivity index is 1.93. The minimum absolute atomic E-state index is 0.254. The minimum Gasteiger partial charge on any atom is -0.444 e. The molecule has 0 spiro atoms. The molecule has 2 heterocycles. The summed E-state index contributed by atoms with van der Waals surface area (Å²) in [4.78, 5) is 16.5. The second-order valence-electron chi connectivity index (χ2n) is 4.45. The van der Waals surface area contributed by atoms with E-state index >= 15 is 0 Å². The van der Waals surface area contributed by atoms with E-state index in [9.17, 15) is 4.79 Å². The largest absolute Gasteiger partial charge is 0.444 e. The zero-order valence-corrected chi connectivity index (χ0v) is 13.3. The molecule has 20 heavy (non-hydrogen) atoms. The second-order valence-corrected chi connectivity index (χ2v) is 6.23. The number of aryl methyl sites for hydroxylation is 2. The SMILES string of the molecule is Cc1ccc(C)c2sc(NC(=O)c3ccc(Br)o3)nc12. The van der Waals surface area contributed by atoms with E-state index in [0.29, 0.717) is 9.80 Å². The average Bonchev–Trinajstić information content (AvgIpc) is 3.01. The molecule has 2 aromatic heterocycles. The van der Waals surface area contributed by atoms with Crippen molar-refractivity contribution in [2.45, 2.75) is 13.8 Å². The predicted octanol–water partition coefficient (Wildman–Crippen LogP) is 4.52. The molecule has 3 aromatic rings. The summed E-state index contributed by atoms with van der Waals surface area (Å²) >= 11 is 4.64. The van der Waals surface area contributed by atoms with Crippen LogP contribution in [0.3, 0.4) is 0 Å². The van der Waals surface area contributed by atoms with E-state index in [1.54, 1.807) is 12.1 Å². The van der Waals surface area contributed by atoms with E-state index in [2.05, 4.69) is 32.3 Å². The fraction of sp³-hybridized carbons (Fsp3) is 0.143. The van der Waals surface area contributed by atoms with Crippen LogP contribution >= 0.6 is 27.3 Å². The lowest BCUT2D eigenvalue weighted by molar-refractivity contribution is 0.0995. The lowest BCUT2D eigenvalue weighted by Crippen LogP contribution is -2.10. The number of halogens is 1. The molecule has 0 fully saturated rings. The van der Waals surface area contributed by atoms with Crippen LogP contribution in [0.25, 0.3) is 10.2 Å². The molecule has 1 N–H and O–H groups in total. The normalized spacial score (nSPS) is 10.9. The van der Waals surface area contributed by atoms with Gasteiger partial charge in [0.1, 0.15) is 0 Å². The summed E-state index contributed by atoms with van der Waals surface area (Å²) in [7, 11) is 0. The number of carbonyl (C=O) groups excluding carboxylic acids is 1. The van der Waals surface area contributed by atoms with Crippen LogP contribution in [0.1, 0.15) is 21.7 Å². The first-order valence-corrected chi connectivity index (χ1v) is 7.59. The Hall–Kier alpha value is -1.66. The van der Waals surface area contributed by atoms with Gasteiger partial charge in [-0.1, -0.05) is 23.5 Å². The molecule has 0 unspecified atom stereocenters. The van der Waals surface area contributed by atoms with Crippen LogP contribution in [0.4, 0.5) is 5.13 Å². The molecular weight excluding hydrogens is 340 g/mol. The fourth-order valence-corrected chi connectivity index (χ4v) is 3.22. The second kappa shape index (κ2) is 5.03. The number of carbonyl (C=O) groups is 1. The zero-order valence-electron chi connectivity index (χ0n) is 10.9. The van der Waals surface area contributed by atoms with Crippen LogP contribution in [0.15, 0.2) is 33.4 Å². The highest BCUT2D eigenvalue weighted by molar-refractivity contribution is 9.10. The third-order valence-corrected chi connectivity index (χ3v) is 4.49. The number of nitrogens with zero attached hydrogens (tertiary/aromatic N) is 1. The Morgan fingerprint density at radius 2 is 2.00 bits per heavy atom. The standard InChI is InChI=1S/C14H11BrN2O2S/c1-7-3-4-8(2)12-11(7)16-14(20-12)17-13(18)9-5-6-10(15)19-9/h3-6H,1-2H3,(H,16,17,18). The highest BCUT2D eigenvalue weighted by Crippen LogP contribution is 2.31. The fourth-order valence-electron chi connectivity index (χ4n) is 1.91. The highest BCUT2D eigenvalue weighted by Gasteiger charge is 2.14. The zero-order chi connectivity index (χ0) is 14.3. The summed E-state index contributed by atoms with van der Waals surface area (Å²) < 4.78 is 6.85. The van der Waals surface area contributed by atoms with E-state index in [0.717, 1.165) is 21.3 Å². The van der Waals surface area contributed by atoms with Gasteiger partial charge in [0, 0.05) is 0 Å². The molecule has 102 valence electrons. The monoisotopic (exact) mass is 350 g/mol. The Morgan fingerprint density at radius 1 is 1.25 bits per heavy atom. The molecule has 0 aliphatic rings. The van der Waals surface area contributed by atoms with Gasteiger partial charge in [0.05, 0.1) is 10.2 Å². The number of thiazole rings is 1. The first-order chi connectivity index (χ1) is 9.54. The van der Waals surface area contributed by atoms with Crippen LogP contribution < -0.4 is 5.32 Å². The molecule has 3 rings (SSSR count). The van der Waals surface area contributed by atoms with Crippen molar-refractivity contribution in [2.75, 3.05) is 5.32 Å². The van der Waals surface area contributed by atoms with Gasteiger partial charge in [0.25, 0.3) is 5.91 Å². The Labute approximate surface area is 127 Å². The first-order valence-electron chi connectivity index (χ1n) is 5.98. The maximum atomic E-state index is 12.0. The number of aromatic nitrogens is 1. The molecular formula is C14H11BrN2O2S. The Morgan fingerprint density at radius 3 is 2.65 bits per heavy atom. The summed E-state index contributed by atoms with van der Waals surface area (Å²) in [5, 5.41) is 3.35. The van der Waals surface area contributed by atoms with Gasteiger partial charge in [-0.15, -0.1) is 0 Å². The van der Waals surface area contributed by atoms with Gasteiger partial charge in [-0.25, -0.2) is 4.98 Å². The summed E-state index contributed by atoms with van der Waals surface area (Å²) in [5.74, 6) is -0.0466.